The lowest BCUT2D eigenvalue weighted by atomic mass is 10.3. The van der Waals surface area contributed by atoms with Gasteiger partial charge in [-0.3, -0.25) is 14.5 Å². The molecule has 0 rings (SSSR count). The molecule has 0 aliphatic heterocycles. The summed E-state index contributed by atoms with van der Waals surface area (Å²) in [6, 6.07) is -0.940. The van der Waals surface area contributed by atoms with Gasteiger partial charge in [-0.05, 0) is 14.1 Å². The van der Waals surface area contributed by atoms with Gasteiger partial charge in [-0.1, -0.05) is 21.6 Å². The van der Waals surface area contributed by atoms with E-state index < -0.39 is 12.0 Å². The van der Waals surface area contributed by atoms with Gasteiger partial charge >= 0.3 is 11.9 Å². The van der Waals surface area contributed by atoms with Crippen LogP contribution in [0.5, 0.6) is 0 Å². The van der Waals surface area contributed by atoms with Crippen LogP contribution in [0.15, 0.2) is 0 Å². The van der Waals surface area contributed by atoms with E-state index in [1.165, 1.54) is 35.8 Å². The monoisotopic (exact) mass is 296 g/mol. The van der Waals surface area contributed by atoms with Gasteiger partial charge in [-0.15, -0.1) is 0 Å². The van der Waals surface area contributed by atoms with Gasteiger partial charge in [0.15, 0.2) is 0 Å². The Labute approximate surface area is 115 Å². The molecule has 0 aliphatic rings. The summed E-state index contributed by atoms with van der Waals surface area (Å²) < 4.78 is 9.22. The fourth-order valence-corrected chi connectivity index (χ4v) is 3.46. The number of carbonyl (C=O) groups is 2. The molecule has 0 radical (unpaired) electrons. The molecule has 0 aromatic rings. The van der Waals surface area contributed by atoms with Crippen LogP contribution in [0.25, 0.3) is 0 Å². The topological polar surface area (TPSA) is 81.9 Å². The molecule has 2 N–H and O–H groups in total. The summed E-state index contributed by atoms with van der Waals surface area (Å²) in [7, 11) is 9.21. The van der Waals surface area contributed by atoms with Crippen LogP contribution in [0.1, 0.15) is 0 Å². The van der Waals surface area contributed by atoms with E-state index in [0.29, 0.717) is 11.5 Å². The molecule has 2 atom stereocenters. The van der Waals surface area contributed by atoms with Crippen molar-refractivity contribution < 1.29 is 19.1 Å². The van der Waals surface area contributed by atoms with Gasteiger partial charge < -0.3 is 15.2 Å². The van der Waals surface area contributed by atoms with Crippen molar-refractivity contribution in [2.24, 2.45) is 5.73 Å². The third kappa shape index (κ3) is 6.48. The smallest absolute Gasteiger partial charge is 0.323 e. The van der Waals surface area contributed by atoms with E-state index in [2.05, 4.69) is 4.74 Å². The van der Waals surface area contributed by atoms with Crippen molar-refractivity contribution in [1.82, 2.24) is 4.90 Å². The summed E-state index contributed by atoms with van der Waals surface area (Å²) in [6.45, 7) is 0. The summed E-state index contributed by atoms with van der Waals surface area (Å²) in [5.74, 6) is 0.308. The van der Waals surface area contributed by atoms with Crippen LogP contribution in [0, 0.1) is 0 Å². The highest BCUT2D eigenvalue weighted by molar-refractivity contribution is 8.76. The Hall–Kier alpha value is -0.440. The second-order valence-corrected chi connectivity index (χ2v) is 6.25. The van der Waals surface area contributed by atoms with Crippen molar-refractivity contribution >= 4 is 33.5 Å². The molecular weight excluding hydrogens is 276 g/mol. The second kappa shape index (κ2) is 9.48. The van der Waals surface area contributed by atoms with E-state index in [9.17, 15) is 9.59 Å². The highest BCUT2D eigenvalue weighted by Gasteiger charge is 2.22. The molecule has 0 saturated heterocycles. The second-order valence-electron chi connectivity index (χ2n) is 3.70. The van der Waals surface area contributed by atoms with Crippen LogP contribution >= 0.6 is 21.6 Å². The molecule has 0 spiro atoms. The van der Waals surface area contributed by atoms with Gasteiger partial charge in [-0.25, -0.2) is 0 Å². The van der Waals surface area contributed by atoms with E-state index in [1.807, 2.05) is 14.1 Å². The molecule has 0 aromatic carbocycles. The zero-order valence-electron chi connectivity index (χ0n) is 11.0. The SMILES string of the molecule is COC(=O)[C@@H](N)CSSC[C@@H](C(=O)OC)N(C)C. The maximum atomic E-state index is 11.5. The Bertz CT molecular complexity index is 277. The summed E-state index contributed by atoms with van der Waals surface area (Å²) in [4.78, 5) is 24.3. The fourth-order valence-electron chi connectivity index (χ4n) is 1.02. The lowest BCUT2D eigenvalue weighted by Crippen LogP contribution is -2.38. The van der Waals surface area contributed by atoms with Gasteiger partial charge in [0, 0.05) is 11.5 Å². The first kappa shape index (κ1) is 17.6. The first-order valence-corrected chi connectivity index (χ1v) is 7.74. The molecule has 6 nitrogen and oxygen atoms in total. The zero-order valence-corrected chi connectivity index (χ0v) is 12.7. The zero-order chi connectivity index (χ0) is 14.1. The molecule has 106 valence electrons. The molecule has 0 saturated carbocycles. The van der Waals surface area contributed by atoms with Crippen molar-refractivity contribution in [1.29, 1.82) is 0 Å². The van der Waals surface area contributed by atoms with Crippen molar-refractivity contribution in [2.45, 2.75) is 12.1 Å². The average molecular weight is 296 g/mol. The van der Waals surface area contributed by atoms with Crippen molar-refractivity contribution in [3.05, 3.63) is 0 Å². The van der Waals surface area contributed by atoms with E-state index in [1.54, 1.807) is 4.90 Å². The number of rotatable bonds is 8. The van der Waals surface area contributed by atoms with Crippen LogP contribution in [0.4, 0.5) is 0 Å². The van der Waals surface area contributed by atoms with Gasteiger partial charge in [0.25, 0.3) is 0 Å². The molecule has 0 bridgehead atoms. The van der Waals surface area contributed by atoms with E-state index in [4.69, 9.17) is 10.5 Å². The van der Waals surface area contributed by atoms with Crippen LogP contribution < -0.4 is 5.73 Å². The molecule has 0 aromatic heterocycles. The Balaban J connectivity index is 3.94. The largest absolute Gasteiger partial charge is 0.468 e. The van der Waals surface area contributed by atoms with Crippen LogP contribution in [-0.2, 0) is 19.1 Å². The first-order chi connectivity index (χ1) is 8.43. The number of carbonyl (C=O) groups excluding carboxylic acids is 2. The van der Waals surface area contributed by atoms with Crippen molar-refractivity contribution in [2.75, 3.05) is 39.8 Å². The van der Waals surface area contributed by atoms with Crippen LogP contribution in [0.3, 0.4) is 0 Å². The molecule has 0 heterocycles. The third-order valence-corrected chi connectivity index (χ3v) is 4.59. The third-order valence-electron chi connectivity index (χ3n) is 2.16. The van der Waals surface area contributed by atoms with E-state index in [-0.39, 0.29) is 12.0 Å². The molecular formula is C10H20N2O4S2. The number of hydrogen-bond acceptors (Lipinski definition) is 8. The standard InChI is InChI=1S/C10H20N2O4S2/c1-12(2)8(10(14)16-4)6-18-17-5-7(11)9(13)15-3/h7-8H,5-6,11H2,1-4H3/t7-,8-/m0/s1. The van der Waals surface area contributed by atoms with Crippen LogP contribution in [-0.4, -0.2) is 68.7 Å². The van der Waals surface area contributed by atoms with Gasteiger partial charge in [0.05, 0.1) is 14.2 Å². The Morgan fingerprint density at radius 3 is 2.06 bits per heavy atom. The molecule has 0 aliphatic carbocycles. The minimum absolute atomic E-state index is 0.273. The Kier molecular flexibility index (Phi) is 9.25. The van der Waals surface area contributed by atoms with Crippen LogP contribution in [0.2, 0.25) is 0 Å². The van der Waals surface area contributed by atoms with Gasteiger partial charge in [0.2, 0.25) is 0 Å². The molecule has 8 heteroatoms. The molecule has 0 unspecified atom stereocenters. The average Bonchev–Trinajstić information content (AvgIpc) is 2.35. The minimum atomic E-state index is -0.636. The van der Waals surface area contributed by atoms with E-state index in [0.717, 1.165) is 0 Å². The number of hydrogen-bond donors (Lipinski definition) is 1. The lowest BCUT2D eigenvalue weighted by Gasteiger charge is -2.21. The first-order valence-electron chi connectivity index (χ1n) is 5.26. The number of likely N-dealkylation sites (N-methyl/N-ethyl adjacent to an activating group) is 1. The summed E-state index contributed by atoms with van der Waals surface area (Å²) in [5, 5.41) is 0. The summed E-state index contributed by atoms with van der Waals surface area (Å²) >= 11 is 0. The predicted molar refractivity (Wildman–Crippen MR) is 74.4 cm³/mol. The molecule has 0 amide bonds. The van der Waals surface area contributed by atoms with Crippen molar-refractivity contribution in [3.8, 4) is 0 Å². The summed E-state index contributed by atoms with van der Waals surface area (Å²) in [5.41, 5.74) is 5.58. The minimum Gasteiger partial charge on any atom is -0.468 e. The van der Waals surface area contributed by atoms with Gasteiger partial charge in [0.1, 0.15) is 12.1 Å². The fraction of sp³-hybridized carbons (Fsp3) is 0.800. The number of esters is 2. The maximum Gasteiger partial charge on any atom is 0.323 e. The highest BCUT2D eigenvalue weighted by Crippen LogP contribution is 2.24. The maximum absolute atomic E-state index is 11.5. The summed E-state index contributed by atoms with van der Waals surface area (Å²) in [6.07, 6.45) is 0. The molecule has 0 fully saturated rings. The number of methoxy groups -OCH3 is 2. The highest BCUT2D eigenvalue weighted by atomic mass is 33.1. The normalized spacial score (nSPS) is 14.1. The number of nitrogens with zero attached hydrogens (tertiary/aromatic N) is 1. The lowest BCUT2D eigenvalue weighted by molar-refractivity contribution is -0.145. The van der Waals surface area contributed by atoms with E-state index >= 15 is 0 Å². The Morgan fingerprint density at radius 2 is 1.61 bits per heavy atom. The number of ether oxygens (including phenoxy) is 2. The quantitative estimate of drug-likeness (QED) is 0.380. The van der Waals surface area contributed by atoms with Crippen molar-refractivity contribution in [3.63, 3.8) is 0 Å². The number of nitrogens with two attached hydrogens (primary N) is 1. The van der Waals surface area contributed by atoms with Gasteiger partial charge in [-0.2, -0.15) is 0 Å². The molecule has 18 heavy (non-hydrogen) atoms. The Morgan fingerprint density at radius 1 is 1.11 bits per heavy atom. The predicted octanol–water partition coefficient (Wildman–Crippen LogP) is -0.0287.